The highest BCUT2D eigenvalue weighted by Gasteiger charge is 2.20. The van der Waals surface area contributed by atoms with Crippen molar-refractivity contribution in [1.29, 1.82) is 0 Å². The Kier molecular flexibility index (Phi) is 4.87. The van der Waals surface area contributed by atoms with Crippen LogP contribution in [-0.4, -0.2) is 26.8 Å². The van der Waals surface area contributed by atoms with Crippen LogP contribution >= 0.6 is 0 Å². The van der Waals surface area contributed by atoms with E-state index >= 15 is 0 Å². The van der Waals surface area contributed by atoms with Crippen molar-refractivity contribution in [2.24, 2.45) is 0 Å². The average Bonchev–Trinajstić information content (AvgIpc) is 3.23. The normalized spacial score (nSPS) is 17.0. The Morgan fingerprint density at radius 3 is 2.67 bits per heavy atom. The van der Waals surface area contributed by atoms with E-state index in [4.69, 9.17) is 0 Å². The number of aromatic nitrogens is 3. The lowest BCUT2D eigenvalue weighted by atomic mass is 9.88. The molecule has 1 heterocycles. The third-order valence-electron chi connectivity index (χ3n) is 5.11. The first-order valence-corrected chi connectivity index (χ1v) is 9.28. The standard InChI is InChI=1S/C21H23N5O/c1-15(16-7-10-20(11-8-16)26-14-22-13-23-26)24-21(27)25-19-9-6-17-4-2-3-5-18(17)12-19/h2-5,7-8,10-11,13-15,19H,6,9,12H2,1H3,(H2,24,25,27). The largest absolute Gasteiger partial charge is 0.335 e. The summed E-state index contributed by atoms with van der Waals surface area (Å²) in [5, 5.41) is 10.3. The topological polar surface area (TPSA) is 71.8 Å². The van der Waals surface area contributed by atoms with E-state index in [-0.39, 0.29) is 18.1 Å². The molecule has 1 aromatic heterocycles. The Bertz CT molecular complexity index is 905. The van der Waals surface area contributed by atoms with Crippen LogP contribution in [0.2, 0.25) is 0 Å². The molecule has 0 radical (unpaired) electrons. The predicted molar refractivity (Wildman–Crippen MR) is 104 cm³/mol. The SMILES string of the molecule is CC(NC(=O)NC1CCc2ccccc2C1)c1ccc(-n2cncn2)cc1. The van der Waals surface area contributed by atoms with E-state index in [1.807, 2.05) is 31.2 Å². The van der Waals surface area contributed by atoms with Gasteiger partial charge in [-0.05, 0) is 55.0 Å². The molecule has 2 amide bonds. The van der Waals surface area contributed by atoms with Gasteiger partial charge in [0.1, 0.15) is 12.7 Å². The molecule has 6 heteroatoms. The molecule has 0 saturated carbocycles. The molecule has 4 rings (SSSR count). The van der Waals surface area contributed by atoms with Gasteiger partial charge in [-0.2, -0.15) is 5.10 Å². The third kappa shape index (κ3) is 4.00. The summed E-state index contributed by atoms with van der Waals surface area (Å²) in [7, 11) is 0. The molecule has 6 nitrogen and oxygen atoms in total. The second kappa shape index (κ2) is 7.61. The van der Waals surface area contributed by atoms with Crippen molar-refractivity contribution in [2.45, 2.75) is 38.3 Å². The van der Waals surface area contributed by atoms with Crippen molar-refractivity contribution in [2.75, 3.05) is 0 Å². The number of fused-ring (bicyclic) bond motifs is 1. The summed E-state index contributed by atoms with van der Waals surface area (Å²) < 4.78 is 1.70. The minimum absolute atomic E-state index is 0.0781. The number of hydrogen-bond acceptors (Lipinski definition) is 3. The molecule has 2 unspecified atom stereocenters. The number of nitrogens with one attached hydrogen (secondary N) is 2. The van der Waals surface area contributed by atoms with Crippen LogP contribution in [0.5, 0.6) is 0 Å². The minimum atomic E-state index is -0.118. The number of aryl methyl sites for hydroxylation is 1. The Morgan fingerprint density at radius 1 is 1.15 bits per heavy atom. The summed E-state index contributed by atoms with van der Waals surface area (Å²) in [4.78, 5) is 16.4. The van der Waals surface area contributed by atoms with Crippen LogP contribution in [-0.2, 0) is 12.8 Å². The molecule has 138 valence electrons. The van der Waals surface area contributed by atoms with Gasteiger partial charge in [0.15, 0.2) is 0 Å². The van der Waals surface area contributed by atoms with Gasteiger partial charge in [0.2, 0.25) is 0 Å². The van der Waals surface area contributed by atoms with E-state index in [0.717, 1.165) is 30.5 Å². The second-order valence-electron chi connectivity index (χ2n) is 6.98. The molecule has 0 aliphatic heterocycles. The average molecular weight is 361 g/mol. The summed E-state index contributed by atoms with van der Waals surface area (Å²) in [5.74, 6) is 0. The van der Waals surface area contributed by atoms with Crippen molar-refractivity contribution in [3.05, 3.63) is 77.9 Å². The van der Waals surface area contributed by atoms with Crippen LogP contribution in [0.3, 0.4) is 0 Å². The van der Waals surface area contributed by atoms with Crippen LogP contribution in [0, 0.1) is 0 Å². The Morgan fingerprint density at radius 2 is 1.93 bits per heavy atom. The van der Waals surface area contributed by atoms with Crippen LogP contribution in [0.15, 0.2) is 61.2 Å². The predicted octanol–water partition coefficient (Wildman–Crippen LogP) is 3.19. The molecule has 2 aromatic carbocycles. The van der Waals surface area contributed by atoms with Gasteiger partial charge in [-0.1, -0.05) is 36.4 Å². The van der Waals surface area contributed by atoms with Gasteiger partial charge in [-0.25, -0.2) is 14.5 Å². The number of amides is 2. The maximum absolute atomic E-state index is 12.4. The second-order valence-corrected chi connectivity index (χ2v) is 6.98. The van der Waals surface area contributed by atoms with Gasteiger partial charge in [0, 0.05) is 6.04 Å². The summed E-state index contributed by atoms with van der Waals surface area (Å²) in [6, 6.07) is 16.4. The van der Waals surface area contributed by atoms with E-state index in [0.29, 0.717) is 0 Å². The van der Waals surface area contributed by atoms with E-state index < -0.39 is 0 Å². The first-order chi connectivity index (χ1) is 13.2. The first-order valence-electron chi connectivity index (χ1n) is 9.28. The number of urea groups is 1. The monoisotopic (exact) mass is 361 g/mol. The van der Waals surface area contributed by atoms with Crippen molar-refractivity contribution >= 4 is 6.03 Å². The molecule has 0 fully saturated rings. The molecular formula is C21H23N5O. The summed E-state index contributed by atoms with van der Waals surface area (Å²) in [5.41, 5.74) is 4.72. The fourth-order valence-electron chi connectivity index (χ4n) is 3.59. The molecule has 2 N–H and O–H groups in total. The molecule has 0 saturated heterocycles. The number of hydrogen-bond donors (Lipinski definition) is 2. The molecule has 27 heavy (non-hydrogen) atoms. The van der Waals surface area contributed by atoms with Crippen LogP contribution in [0.4, 0.5) is 4.79 Å². The Hall–Kier alpha value is -3.15. The quantitative estimate of drug-likeness (QED) is 0.750. The van der Waals surface area contributed by atoms with Crippen LogP contribution < -0.4 is 10.6 Å². The first kappa shape index (κ1) is 17.3. The summed E-state index contributed by atoms with van der Waals surface area (Å²) in [6.45, 7) is 1.99. The fraction of sp³-hybridized carbons (Fsp3) is 0.286. The molecule has 1 aliphatic carbocycles. The zero-order valence-electron chi connectivity index (χ0n) is 15.3. The molecule has 0 spiro atoms. The van der Waals surface area contributed by atoms with Gasteiger partial charge in [0.25, 0.3) is 0 Å². The zero-order valence-corrected chi connectivity index (χ0v) is 15.3. The molecular weight excluding hydrogens is 338 g/mol. The van der Waals surface area contributed by atoms with E-state index in [2.05, 4.69) is 45.0 Å². The highest BCUT2D eigenvalue weighted by Crippen LogP contribution is 2.21. The number of nitrogens with zero attached hydrogens (tertiary/aromatic N) is 3. The number of carbonyl (C=O) groups is 1. The molecule has 2 atom stereocenters. The molecule has 1 aliphatic rings. The lowest BCUT2D eigenvalue weighted by molar-refractivity contribution is 0.232. The van der Waals surface area contributed by atoms with Crippen molar-refractivity contribution in [3.63, 3.8) is 0 Å². The van der Waals surface area contributed by atoms with Gasteiger partial charge in [0.05, 0.1) is 11.7 Å². The number of rotatable bonds is 4. The maximum atomic E-state index is 12.4. The maximum Gasteiger partial charge on any atom is 0.315 e. The Balaban J connectivity index is 1.33. The minimum Gasteiger partial charge on any atom is -0.335 e. The third-order valence-corrected chi connectivity index (χ3v) is 5.11. The van der Waals surface area contributed by atoms with Gasteiger partial charge in [-0.15, -0.1) is 0 Å². The van der Waals surface area contributed by atoms with Gasteiger partial charge in [-0.3, -0.25) is 0 Å². The van der Waals surface area contributed by atoms with E-state index in [1.54, 1.807) is 11.0 Å². The van der Waals surface area contributed by atoms with Gasteiger partial charge < -0.3 is 10.6 Å². The van der Waals surface area contributed by atoms with Crippen molar-refractivity contribution in [1.82, 2.24) is 25.4 Å². The van der Waals surface area contributed by atoms with Crippen LogP contribution in [0.1, 0.15) is 36.1 Å². The summed E-state index contributed by atoms with van der Waals surface area (Å²) in [6.07, 6.45) is 6.05. The van der Waals surface area contributed by atoms with E-state index in [9.17, 15) is 4.79 Å². The van der Waals surface area contributed by atoms with E-state index in [1.165, 1.54) is 17.5 Å². The zero-order chi connectivity index (χ0) is 18.6. The lowest BCUT2D eigenvalue weighted by Gasteiger charge is -2.26. The molecule has 3 aromatic rings. The highest BCUT2D eigenvalue weighted by atomic mass is 16.2. The van der Waals surface area contributed by atoms with Gasteiger partial charge >= 0.3 is 6.03 Å². The number of carbonyl (C=O) groups excluding carboxylic acids is 1. The molecule has 0 bridgehead atoms. The van der Waals surface area contributed by atoms with Crippen LogP contribution in [0.25, 0.3) is 5.69 Å². The Labute approximate surface area is 158 Å². The highest BCUT2D eigenvalue weighted by molar-refractivity contribution is 5.74. The lowest BCUT2D eigenvalue weighted by Crippen LogP contribution is -2.45. The van der Waals surface area contributed by atoms with Crippen molar-refractivity contribution < 1.29 is 4.79 Å². The number of benzene rings is 2. The fourth-order valence-corrected chi connectivity index (χ4v) is 3.59. The summed E-state index contributed by atoms with van der Waals surface area (Å²) >= 11 is 0. The van der Waals surface area contributed by atoms with Crippen molar-refractivity contribution in [3.8, 4) is 5.69 Å². The smallest absolute Gasteiger partial charge is 0.315 e.